The van der Waals surface area contributed by atoms with Gasteiger partial charge in [-0.25, -0.2) is 0 Å². The molecule has 1 aliphatic rings. The lowest BCUT2D eigenvalue weighted by molar-refractivity contribution is -0.128. The number of aryl methyl sites for hydroxylation is 1. The summed E-state index contributed by atoms with van der Waals surface area (Å²) >= 11 is 1.36. The number of aromatic nitrogens is 3. The Labute approximate surface area is 210 Å². The number of carbonyl (C=O) groups excluding carboxylic acids is 2. The van der Waals surface area contributed by atoms with E-state index >= 15 is 0 Å². The number of nitrogens with one attached hydrogen (secondary N) is 1. The third kappa shape index (κ3) is 6.10. The average Bonchev–Trinajstić information content (AvgIpc) is 3.28. The molecule has 3 aromatic rings. The molecule has 0 saturated carbocycles. The number of rotatable bonds is 9. The summed E-state index contributed by atoms with van der Waals surface area (Å²) in [5.41, 5.74) is 2.74. The van der Waals surface area contributed by atoms with Crippen LogP contribution in [-0.4, -0.2) is 63.4 Å². The molecule has 1 fully saturated rings. The minimum absolute atomic E-state index is 0.0882. The van der Waals surface area contributed by atoms with Crippen molar-refractivity contribution in [3.05, 3.63) is 84.2 Å². The molecule has 4 rings (SSSR count). The second-order valence-electron chi connectivity index (χ2n) is 8.29. The molecule has 0 aliphatic carbocycles. The quantitative estimate of drug-likeness (QED) is 0.367. The van der Waals surface area contributed by atoms with Crippen molar-refractivity contribution in [2.45, 2.75) is 25.2 Å². The van der Waals surface area contributed by atoms with Crippen LogP contribution in [-0.2, 0) is 17.9 Å². The highest BCUT2D eigenvalue weighted by molar-refractivity contribution is 7.99. The van der Waals surface area contributed by atoms with Crippen LogP contribution in [0.3, 0.4) is 0 Å². The number of nitrogens with zero attached hydrogens (tertiary/aromatic N) is 5. The number of para-hydroxylation sites is 1. The Bertz CT molecular complexity index is 1170. The molecule has 2 aromatic carbocycles. The van der Waals surface area contributed by atoms with Gasteiger partial charge in [0.1, 0.15) is 0 Å². The molecule has 1 N–H and O–H groups in total. The summed E-state index contributed by atoms with van der Waals surface area (Å²) in [4.78, 5) is 29.6. The standard InChI is InChI=1S/C26H30N6O2S/c1-3-13-32-23(18-27-25(34)22-12-8-7-9-20(22)2)28-29-26(32)35-19-24(33)31-16-14-30(15-17-31)21-10-5-4-6-11-21/h3-12H,1,13-19H2,2H3,(H,27,34). The Morgan fingerprint density at radius 2 is 1.74 bits per heavy atom. The molecule has 35 heavy (non-hydrogen) atoms. The van der Waals surface area contributed by atoms with Crippen molar-refractivity contribution in [3.63, 3.8) is 0 Å². The second-order valence-corrected chi connectivity index (χ2v) is 9.23. The van der Waals surface area contributed by atoms with Crippen molar-refractivity contribution in [2.24, 2.45) is 0 Å². The van der Waals surface area contributed by atoms with Crippen molar-refractivity contribution >= 4 is 29.3 Å². The maximum atomic E-state index is 12.8. The van der Waals surface area contributed by atoms with Gasteiger partial charge in [0, 0.05) is 44.0 Å². The fourth-order valence-corrected chi connectivity index (χ4v) is 4.89. The summed E-state index contributed by atoms with van der Waals surface area (Å²) in [7, 11) is 0. The van der Waals surface area contributed by atoms with E-state index in [1.165, 1.54) is 17.4 Å². The molecule has 8 nitrogen and oxygen atoms in total. The van der Waals surface area contributed by atoms with Crippen molar-refractivity contribution in [2.75, 3.05) is 36.8 Å². The first-order valence-electron chi connectivity index (χ1n) is 11.6. The number of allylic oxidation sites excluding steroid dienone is 1. The van der Waals surface area contributed by atoms with Gasteiger partial charge in [-0.05, 0) is 30.7 Å². The minimum atomic E-state index is -0.157. The van der Waals surface area contributed by atoms with Gasteiger partial charge in [0.25, 0.3) is 5.91 Å². The van der Waals surface area contributed by atoms with Crippen molar-refractivity contribution < 1.29 is 9.59 Å². The Balaban J connectivity index is 1.31. The molecule has 9 heteroatoms. The first kappa shape index (κ1) is 24.5. The summed E-state index contributed by atoms with van der Waals surface area (Å²) in [5.74, 6) is 0.842. The predicted octanol–water partition coefficient (Wildman–Crippen LogP) is 3.14. The van der Waals surface area contributed by atoms with E-state index in [0.717, 1.165) is 18.7 Å². The number of hydrogen-bond acceptors (Lipinski definition) is 6. The summed E-state index contributed by atoms with van der Waals surface area (Å²) < 4.78 is 1.89. The number of piperazine rings is 1. The normalized spacial score (nSPS) is 13.5. The third-order valence-corrected chi connectivity index (χ3v) is 6.93. The molecule has 182 valence electrons. The smallest absolute Gasteiger partial charge is 0.251 e. The zero-order valence-electron chi connectivity index (χ0n) is 19.9. The molecule has 0 atom stereocenters. The largest absolute Gasteiger partial charge is 0.368 e. The van der Waals surface area contributed by atoms with Crippen molar-refractivity contribution in [1.29, 1.82) is 0 Å². The SMILES string of the molecule is C=CCn1c(CNC(=O)c2ccccc2C)nnc1SCC(=O)N1CCN(c2ccccc2)CC1. The van der Waals surface area contributed by atoms with Crippen LogP contribution in [0, 0.1) is 6.92 Å². The van der Waals surface area contributed by atoms with Crippen LogP contribution in [0.1, 0.15) is 21.7 Å². The first-order valence-corrected chi connectivity index (χ1v) is 12.6. The minimum Gasteiger partial charge on any atom is -0.368 e. The van der Waals surface area contributed by atoms with E-state index in [4.69, 9.17) is 0 Å². The number of anilines is 1. The van der Waals surface area contributed by atoms with Crippen LogP contribution in [0.25, 0.3) is 0 Å². The Kier molecular flexibility index (Phi) is 8.20. The maximum Gasteiger partial charge on any atom is 0.251 e. The lowest BCUT2D eigenvalue weighted by Gasteiger charge is -2.36. The van der Waals surface area contributed by atoms with Gasteiger partial charge < -0.3 is 19.7 Å². The monoisotopic (exact) mass is 490 g/mol. The van der Waals surface area contributed by atoms with Gasteiger partial charge >= 0.3 is 0 Å². The zero-order valence-corrected chi connectivity index (χ0v) is 20.7. The van der Waals surface area contributed by atoms with Gasteiger partial charge in [0.05, 0.1) is 12.3 Å². The lowest BCUT2D eigenvalue weighted by atomic mass is 10.1. The Morgan fingerprint density at radius 3 is 2.46 bits per heavy atom. The average molecular weight is 491 g/mol. The van der Waals surface area contributed by atoms with Gasteiger partial charge in [0.2, 0.25) is 5.91 Å². The molecule has 1 aromatic heterocycles. The van der Waals surface area contributed by atoms with Crippen molar-refractivity contribution in [3.8, 4) is 0 Å². The van der Waals surface area contributed by atoms with E-state index in [9.17, 15) is 9.59 Å². The topological polar surface area (TPSA) is 83.4 Å². The number of hydrogen-bond donors (Lipinski definition) is 1. The van der Waals surface area contributed by atoms with E-state index in [2.05, 4.69) is 39.1 Å². The van der Waals surface area contributed by atoms with Gasteiger partial charge in [-0.1, -0.05) is 54.2 Å². The molecule has 0 spiro atoms. The van der Waals surface area contributed by atoms with Gasteiger partial charge in [0.15, 0.2) is 11.0 Å². The molecule has 0 unspecified atom stereocenters. The maximum absolute atomic E-state index is 12.8. The van der Waals surface area contributed by atoms with E-state index in [1.807, 2.05) is 52.8 Å². The molecule has 1 aliphatic heterocycles. The van der Waals surface area contributed by atoms with Crippen LogP contribution < -0.4 is 10.2 Å². The lowest BCUT2D eigenvalue weighted by Crippen LogP contribution is -2.49. The highest BCUT2D eigenvalue weighted by atomic mass is 32.2. The molecule has 2 heterocycles. The van der Waals surface area contributed by atoms with Gasteiger partial charge in [-0.2, -0.15) is 0 Å². The molecule has 1 saturated heterocycles. The third-order valence-electron chi connectivity index (χ3n) is 5.98. The number of benzene rings is 2. The van der Waals surface area contributed by atoms with E-state index in [-0.39, 0.29) is 24.1 Å². The van der Waals surface area contributed by atoms with Gasteiger partial charge in [-0.15, -0.1) is 16.8 Å². The highest BCUT2D eigenvalue weighted by Crippen LogP contribution is 2.20. The fourth-order valence-electron chi connectivity index (χ4n) is 4.02. The van der Waals surface area contributed by atoms with Crippen LogP contribution in [0.2, 0.25) is 0 Å². The summed E-state index contributed by atoms with van der Waals surface area (Å²) in [6.07, 6.45) is 1.75. The summed E-state index contributed by atoms with van der Waals surface area (Å²) in [6.45, 7) is 9.49. The van der Waals surface area contributed by atoms with E-state index < -0.39 is 0 Å². The Morgan fingerprint density at radius 1 is 1.03 bits per heavy atom. The zero-order chi connectivity index (χ0) is 24.6. The molecule has 2 amide bonds. The van der Waals surface area contributed by atoms with E-state index in [0.29, 0.717) is 36.2 Å². The van der Waals surface area contributed by atoms with Crippen LogP contribution in [0.5, 0.6) is 0 Å². The number of amides is 2. The van der Waals surface area contributed by atoms with Crippen LogP contribution in [0.4, 0.5) is 5.69 Å². The van der Waals surface area contributed by atoms with Crippen LogP contribution >= 0.6 is 11.8 Å². The molecule has 0 radical (unpaired) electrons. The van der Waals surface area contributed by atoms with Gasteiger partial charge in [-0.3, -0.25) is 9.59 Å². The number of thioether (sulfide) groups is 1. The predicted molar refractivity (Wildman–Crippen MR) is 139 cm³/mol. The first-order chi connectivity index (χ1) is 17.1. The number of carbonyl (C=O) groups is 2. The highest BCUT2D eigenvalue weighted by Gasteiger charge is 2.22. The molecular weight excluding hydrogens is 460 g/mol. The second kappa shape index (κ2) is 11.7. The molecular formula is C26H30N6O2S. The summed E-state index contributed by atoms with van der Waals surface area (Å²) in [5, 5.41) is 12.1. The molecule has 0 bridgehead atoms. The van der Waals surface area contributed by atoms with Crippen molar-refractivity contribution in [1.82, 2.24) is 25.0 Å². The summed E-state index contributed by atoms with van der Waals surface area (Å²) in [6, 6.07) is 17.7. The Hall–Kier alpha value is -3.59. The van der Waals surface area contributed by atoms with E-state index in [1.54, 1.807) is 12.1 Å². The fraction of sp³-hybridized carbons (Fsp3) is 0.308. The van der Waals surface area contributed by atoms with Crippen LogP contribution in [0.15, 0.2) is 72.4 Å².